The molecule has 0 spiro atoms. The summed E-state index contributed by atoms with van der Waals surface area (Å²) in [5.41, 5.74) is 3.57. The lowest BCUT2D eigenvalue weighted by molar-refractivity contribution is -0.122. The molecule has 3 aliphatic rings. The van der Waals surface area contributed by atoms with Gasteiger partial charge < -0.3 is 5.11 Å². The minimum absolute atomic E-state index is 0.250. The van der Waals surface area contributed by atoms with E-state index in [1.165, 1.54) is 36.2 Å². The lowest BCUT2D eigenvalue weighted by Crippen LogP contribution is -2.28. The molecule has 3 fully saturated rings. The van der Waals surface area contributed by atoms with Crippen molar-refractivity contribution in [3.05, 3.63) is 0 Å². The molecule has 0 aliphatic heterocycles. The van der Waals surface area contributed by atoms with Crippen LogP contribution in [-0.2, 0) is 4.79 Å². The van der Waals surface area contributed by atoms with Crippen molar-refractivity contribution in [3.63, 3.8) is 0 Å². The molecule has 0 atom stereocenters. The van der Waals surface area contributed by atoms with Crippen LogP contribution in [-0.4, -0.2) is 28.6 Å². The monoisotopic (exact) mass is 326 g/mol. The SMILES string of the molecule is C1CCC(P(C2CCCCC2)C2CCCCC2)CC1.O=CO. The van der Waals surface area contributed by atoms with Gasteiger partial charge in [-0.15, -0.1) is 0 Å². The van der Waals surface area contributed by atoms with E-state index in [-0.39, 0.29) is 6.47 Å². The summed E-state index contributed by atoms with van der Waals surface area (Å²) in [5, 5.41) is 6.89. The third-order valence-electron chi connectivity index (χ3n) is 5.99. The van der Waals surface area contributed by atoms with Crippen LogP contribution in [0.5, 0.6) is 0 Å². The minimum Gasteiger partial charge on any atom is -0.483 e. The highest BCUT2D eigenvalue weighted by molar-refractivity contribution is 7.59. The van der Waals surface area contributed by atoms with Gasteiger partial charge in [0, 0.05) is 0 Å². The van der Waals surface area contributed by atoms with Crippen LogP contribution >= 0.6 is 7.92 Å². The van der Waals surface area contributed by atoms with Crippen LogP contribution in [0.1, 0.15) is 96.3 Å². The van der Waals surface area contributed by atoms with E-state index in [4.69, 9.17) is 9.90 Å². The Morgan fingerprint density at radius 3 is 1.05 bits per heavy atom. The second kappa shape index (κ2) is 10.6. The average molecular weight is 326 g/mol. The average Bonchev–Trinajstić information content (AvgIpc) is 2.59. The fourth-order valence-electron chi connectivity index (χ4n) is 5.03. The summed E-state index contributed by atoms with van der Waals surface area (Å²) in [6.45, 7) is -0.250. The molecule has 0 saturated heterocycles. The van der Waals surface area contributed by atoms with Crippen molar-refractivity contribution in [2.24, 2.45) is 0 Å². The van der Waals surface area contributed by atoms with E-state index in [2.05, 4.69) is 0 Å². The third-order valence-corrected chi connectivity index (χ3v) is 10.1. The van der Waals surface area contributed by atoms with Crippen LogP contribution in [0.3, 0.4) is 0 Å². The summed E-state index contributed by atoms with van der Waals surface area (Å²) in [4.78, 5) is 8.36. The zero-order chi connectivity index (χ0) is 15.6. The Labute approximate surface area is 138 Å². The molecule has 1 N–H and O–H groups in total. The molecule has 3 aliphatic carbocycles. The zero-order valence-electron chi connectivity index (χ0n) is 14.2. The number of rotatable bonds is 3. The van der Waals surface area contributed by atoms with Gasteiger partial charge in [-0.2, -0.15) is 0 Å². The molecule has 0 amide bonds. The lowest BCUT2D eigenvalue weighted by atomic mass is 9.99. The standard InChI is InChI=1S/C18H33P.CH2O2/c1-4-10-16(11-5-1)19(17-12-6-2-7-13-17)18-14-8-3-9-15-18;2-1-3/h16-18H,1-15H2;1H,(H,2,3). The fourth-order valence-corrected chi connectivity index (χ4v) is 9.71. The van der Waals surface area contributed by atoms with Crippen molar-refractivity contribution in [2.45, 2.75) is 113 Å². The van der Waals surface area contributed by atoms with Gasteiger partial charge in [0.15, 0.2) is 0 Å². The molecule has 3 heteroatoms. The fraction of sp³-hybridized carbons (Fsp3) is 0.947. The van der Waals surface area contributed by atoms with Gasteiger partial charge in [-0.3, -0.25) is 4.79 Å². The van der Waals surface area contributed by atoms with Crippen molar-refractivity contribution in [2.75, 3.05) is 0 Å². The van der Waals surface area contributed by atoms with E-state index in [0.29, 0.717) is 7.92 Å². The Hall–Kier alpha value is -0.100. The second-order valence-corrected chi connectivity index (χ2v) is 10.5. The Kier molecular flexibility index (Phi) is 8.82. The molecule has 22 heavy (non-hydrogen) atoms. The largest absolute Gasteiger partial charge is 0.483 e. The van der Waals surface area contributed by atoms with E-state index in [1.807, 2.05) is 0 Å². The molecule has 0 bridgehead atoms. The van der Waals surface area contributed by atoms with Crippen molar-refractivity contribution in [3.8, 4) is 0 Å². The molecule has 0 heterocycles. The van der Waals surface area contributed by atoms with Crippen molar-refractivity contribution in [1.29, 1.82) is 0 Å². The van der Waals surface area contributed by atoms with Crippen LogP contribution in [0.2, 0.25) is 0 Å². The predicted octanol–water partition coefficient (Wildman–Crippen LogP) is 6.17. The summed E-state index contributed by atoms with van der Waals surface area (Å²) < 4.78 is 0. The zero-order valence-corrected chi connectivity index (χ0v) is 15.1. The summed E-state index contributed by atoms with van der Waals surface area (Å²) >= 11 is 0. The molecule has 3 rings (SSSR count). The summed E-state index contributed by atoms with van der Waals surface area (Å²) in [6, 6.07) is 0. The maximum absolute atomic E-state index is 8.36. The van der Waals surface area contributed by atoms with E-state index < -0.39 is 0 Å². The Bertz CT molecular complexity index is 247. The van der Waals surface area contributed by atoms with Crippen molar-refractivity contribution < 1.29 is 9.90 Å². The van der Waals surface area contributed by atoms with E-state index >= 15 is 0 Å². The lowest BCUT2D eigenvalue weighted by Gasteiger charge is -2.44. The highest BCUT2D eigenvalue weighted by atomic mass is 31.1. The molecule has 128 valence electrons. The highest BCUT2D eigenvalue weighted by Crippen LogP contribution is 2.61. The molecule has 2 nitrogen and oxygen atoms in total. The van der Waals surface area contributed by atoms with Gasteiger partial charge in [-0.05, 0) is 55.5 Å². The smallest absolute Gasteiger partial charge is 0.290 e. The van der Waals surface area contributed by atoms with Gasteiger partial charge in [0.05, 0.1) is 0 Å². The number of hydrogen-bond acceptors (Lipinski definition) is 1. The normalized spacial score (nSPS) is 25.5. The quantitative estimate of drug-likeness (QED) is 0.497. The second-order valence-electron chi connectivity index (χ2n) is 7.43. The Morgan fingerprint density at radius 2 is 0.818 bits per heavy atom. The predicted molar refractivity (Wildman–Crippen MR) is 96.2 cm³/mol. The Morgan fingerprint density at radius 1 is 0.591 bits per heavy atom. The van der Waals surface area contributed by atoms with E-state index in [9.17, 15) is 0 Å². The first-order valence-corrected chi connectivity index (χ1v) is 11.3. The number of carbonyl (C=O) groups is 1. The van der Waals surface area contributed by atoms with Crippen LogP contribution in [0, 0.1) is 0 Å². The van der Waals surface area contributed by atoms with Crippen LogP contribution < -0.4 is 0 Å². The van der Waals surface area contributed by atoms with Crippen molar-refractivity contribution in [1.82, 2.24) is 0 Å². The van der Waals surface area contributed by atoms with Crippen LogP contribution in [0.25, 0.3) is 0 Å². The topological polar surface area (TPSA) is 37.3 Å². The van der Waals surface area contributed by atoms with Gasteiger partial charge >= 0.3 is 0 Å². The maximum Gasteiger partial charge on any atom is 0.290 e. The molecule has 0 unspecified atom stereocenters. The van der Waals surface area contributed by atoms with Crippen LogP contribution in [0.4, 0.5) is 0 Å². The van der Waals surface area contributed by atoms with Gasteiger partial charge in [0.2, 0.25) is 0 Å². The minimum atomic E-state index is -0.250. The highest BCUT2D eigenvalue weighted by Gasteiger charge is 2.36. The molecule has 0 aromatic heterocycles. The van der Waals surface area contributed by atoms with Crippen molar-refractivity contribution >= 4 is 14.4 Å². The summed E-state index contributed by atoms with van der Waals surface area (Å²) in [7, 11) is 0.385. The molecular formula is C19H35O2P. The summed E-state index contributed by atoms with van der Waals surface area (Å²) in [5.74, 6) is 0. The van der Waals surface area contributed by atoms with Gasteiger partial charge in [-0.1, -0.05) is 65.7 Å². The number of carboxylic acid groups (broad SMARTS) is 1. The maximum atomic E-state index is 8.36. The van der Waals surface area contributed by atoms with Gasteiger partial charge in [0.1, 0.15) is 0 Å². The molecule has 3 saturated carbocycles. The third kappa shape index (κ3) is 5.52. The number of hydrogen-bond donors (Lipinski definition) is 1. The molecule has 0 radical (unpaired) electrons. The van der Waals surface area contributed by atoms with E-state index in [0.717, 1.165) is 0 Å². The van der Waals surface area contributed by atoms with Crippen LogP contribution in [0.15, 0.2) is 0 Å². The molecule has 0 aromatic carbocycles. The molecule has 0 aromatic rings. The summed E-state index contributed by atoms with van der Waals surface area (Å²) in [6.07, 6.45) is 23.6. The van der Waals surface area contributed by atoms with Gasteiger partial charge in [0.25, 0.3) is 6.47 Å². The first-order valence-electron chi connectivity index (χ1n) is 9.72. The van der Waals surface area contributed by atoms with Gasteiger partial charge in [-0.25, -0.2) is 0 Å². The first kappa shape index (κ1) is 18.2. The first-order chi connectivity index (χ1) is 10.9. The Balaban J connectivity index is 0.000000545. The van der Waals surface area contributed by atoms with E-state index in [1.54, 1.807) is 77.0 Å². The molecular weight excluding hydrogens is 291 g/mol.